The van der Waals surface area contributed by atoms with Gasteiger partial charge in [-0.3, -0.25) is 4.79 Å². The molecule has 5 nitrogen and oxygen atoms in total. The first-order valence-electron chi connectivity index (χ1n) is 15.7. The predicted octanol–water partition coefficient (Wildman–Crippen LogP) is 7.13. The first kappa shape index (κ1) is 34.6. The van der Waals surface area contributed by atoms with Gasteiger partial charge in [-0.2, -0.15) is 0 Å². The van der Waals surface area contributed by atoms with Crippen LogP contribution in [0.3, 0.4) is 0 Å². The first-order valence-corrected chi connectivity index (χ1v) is 15.7. The van der Waals surface area contributed by atoms with Crippen molar-refractivity contribution in [3.63, 3.8) is 0 Å². The van der Waals surface area contributed by atoms with E-state index in [1.807, 2.05) is 7.11 Å². The lowest BCUT2D eigenvalue weighted by Crippen LogP contribution is -2.28. The Morgan fingerprint density at radius 1 is 0.816 bits per heavy atom. The second kappa shape index (κ2) is 24.6. The van der Waals surface area contributed by atoms with Crippen molar-refractivity contribution in [2.45, 2.75) is 122 Å². The van der Waals surface area contributed by atoms with Crippen LogP contribution in [0.1, 0.15) is 115 Å². The van der Waals surface area contributed by atoms with Crippen LogP contribution < -0.4 is 11.1 Å². The largest absolute Gasteiger partial charge is 0.381 e. The smallest absolute Gasteiger partial charge is 0.220 e. The number of ether oxygens (including phenoxy) is 1. The highest BCUT2D eigenvalue weighted by atomic mass is 16.5. The third kappa shape index (κ3) is 20.5. The van der Waals surface area contributed by atoms with Gasteiger partial charge in [-0.15, -0.1) is 0 Å². The van der Waals surface area contributed by atoms with Crippen molar-refractivity contribution in [2.24, 2.45) is 11.7 Å². The molecule has 38 heavy (non-hydrogen) atoms. The number of nitrogens with one attached hydrogen (secondary N) is 1. The van der Waals surface area contributed by atoms with Gasteiger partial charge in [0, 0.05) is 20.1 Å². The van der Waals surface area contributed by atoms with Crippen molar-refractivity contribution in [1.82, 2.24) is 10.2 Å². The fourth-order valence-corrected chi connectivity index (χ4v) is 5.17. The van der Waals surface area contributed by atoms with Crippen LogP contribution in [0.2, 0.25) is 0 Å². The first-order chi connectivity index (χ1) is 18.5. The summed E-state index contributed by atoms with van der Waals surface area (Å²) >= 11 is 0. The Bertz CT molecular complexity index is 653. The summed E-state index contributed by atoms with van der Waals surface area (Å²) in [7, 11) is 5.95. The maximum Gasteiger partial charge on any atom is 0.220 e. The summed E-state index contributed by atoms with van der Waals surface area (Å²) in [5.41, 5.74) is 7.48. The average molecular weight is 532 g/mol. The van der Waals surface area contributed by atoms with Gasteiger partial charge in [-0.05, 0) is 83.6 Å². The Balaban J connectivity index is 1.94. The second-order valence-electron chi connectivity index (χ2n) is 11.5. The Kier molecular flexibility index (Phi) is 22.4. The molecule has 1 aromatic rings. The molecule has 3 N–H and O–H groups in total. The third-order valence-electron chi connectivity index (χ3n) is 7.78. The number of nitrogens with zero attached hydrogens (tertiary/aromatic N) is 1. The van der Waals surface area contributed by atoms with E-state index >= 15 is 0 Å². The molecule has 0 heterocycles. The molecule has 0 fully saturated rings. The second-order valence-corrected chi connectivity index (χ2v) is 11.5. The zero-order valence-corrected chi connectivity index (χ0v) is 25.2. The molecule has 2 unspecified atom stereocenters. The number of aryl methyl sites for hydroxylation is 1. The van der Waals surface area contributed by atoms with E-state index in [9.17, 15) is 4.79 Å². The topological polar surface area (TPSA) is 67.6 Å². The number of nitrogens with two attached hydrogens (primary N) is 1. The lowest BCUT2D eigenvalue weighted by molar-refractivity contribution is -0.121. The Hall–Kier alpha value is -1.43. The van der Waals surface area contributed by atoms with Crippen LogP contribution >= 0.6 is 0 Å². The summed E-state index contributed by atoms with van der Waals surface area (Å²) in [5.74, 6) is 0.563. The molecule has 0 aliphatic heterocycles. The van der Waals surface area contributed by atoms with Gasteiger partial charge in [0.25, 0.3) is 0 Å². The van der Waals surface area contributed by atoms with Crippen LogP contribution in [-0.4, -0.2) is 57.8 Å². The highest BCUT2D eigenvalue weighted by Gasteiger charge is 2.14. The molecule has 220 valence electrons. The molecular weight excluding hydrogens is 470 g/mol. The molecule has 1 rings (SSSR count). The highest BCUT2D eigenvalue weighted by molar-refractivity contribution is 5.75. The monoisotopic (exact) mass is 531 g/mol. The third-order valence-corrected chi connectivity index (χ3v) is 7.78. The van der Waals surface area contributed by atoms with Crippen molar-refractivity contribution < 1.29 is 9.53 Å². The maximum absolute atomic E-state index is 12.1. The van der Waals surface area contributed by atoms with E-state index in [-0.39, 0.29) is 5.91 Å². The number of benzene rings is 1. The maximum atomic E-state index is 12.1. The number of amides is 1. The van der Waals surface area contributed by atoms with Gasteiger partial charge in [-0.1, -0.05) is 94.5 Å². The van der Waals surface area contributed by atoms with Gasteiger partial charge in [0.15, 0.2) is 0 Å². The zero-order valence-electron chi connectivity index (χ0n) is 25.2. The van der Waals surface area contributed by atoms with Gasteiger partial charge < -0.3 is 20.7 Å². The van der Waals surface area contributed by atoms with E-state index in [1.54, 1.807) is 0 Å². The lowest BCUT2D eigenvalue weighted by Gasteiger charge is -2.19. The molecule has 0 spiro atoms. The number of unbranched alkanes of at least 4 members (excludes halogenated alkanes) is 10. The SMILES string of the molecule is COC(CCCCCCCCCCCCCc1ccccc1)CCC(CN)CCC(=O)NCCCN(C)C. The molecule has 0 aromatic heterocycles. The molecule has 5 heteroatoms. The summed E-state index contributed by atoms with van der Waals surface area (Å²) in [5, 5.41) is 3.03. The number of carbonyl (C=O) groups is 1. The van der Waals surface area contributed by atoms with Crippen LogP contribution in [0.5, 0.6) is 0 Å². The molecular formula is C33H61N3O2. The summed E-state index contributed by atoms with van der Waals surface area (Å²) in [6.07, 6.45) is 22.2. The fraction of sp³-hybridized carbons (Fsp3) is 0.788. The van der Waals surface area contributed by atoms with Crippen LogP contribution in [0.25, 0.3) is 0 Å². The molecule has 1 aromatic carbocycles. The number of hydrogen-bond acceptors (Lipinski definition) is 4. The molecule has 0 bridgehead atoms. The van der Waals surface area contributed by atoms with Crippen LogP contribution in [0.15, 0.2) is 30.3 Å². The number of hydrogen-bond donors (Lipinski definition) is 2. The average Bonchev–Trinajstić information content (AvgIpc) is 2.92. The van der Waals surface area contributed by atoms with E-state index in [0.29, 0.717) is 25.0 Å². The van der Waals surface area contributed by atoms with Crippen molar-refractivity contribution in [1.29, 1.82) is 0 Å². The molecule has 0 aliphatic rings. The highest BCUT2D eigenvalue weighted by Crippen LogP contribution is 2.19. The molecule has 0 saturated carbocycles. The summed E-state index contributed by atoms with van der Waals surface area (Å²) < 4.78 is 5.76. The number of carbonyl (C=O) groups excluding carboxylic acids is 1. The normalized spacial score (nSPS) is 13.1. The Labute approximate surface area is 235 Å². The Morgan fingerprint density at radius 2 is 1.42 bits per heavy atom. The summed E-state index contributed by atoms with van der Waals surface area (Å²) in [6.45, 7) is 2.41. The molecule has 0 saturated heterocycles. The van der Waals surface area contributed by atoms with E-state index in [4.69, 9.17) is 10.5 Å². The standard InChI is InChI=1S/C33H61N3O2/c1-36(2)28-18-27-35-33(37)26-24-31(29-34)23-25-32(38-3)22-17-12-10-8-6-4-5-7-9-11-14-19-30-20-15-13-16-21-30/h13,15-16,20-21,31-32H,4-12,14,17-19,22-29,34H2,1-3H3,(H,35,37). The van der Waals surface area contributed by atoms with E-state index < -0.39 is 0 Å². The molecule has 2 atom stereocenters. The fourth-order valence-electron chi connectivity index (χ4n) is 5.17. The van der Waals surface area contributed by atoms with Crippen molar-refractivity contribution in [2.75, 3.05) is 40.8 Å². The van der Waals surface area contributed by atoms with E-state index in [1.165, 1.54) is 82.6 Å². The predicted molar refractivity (Wildman–Crippen MR) is 164 cm³/mol. The summed E-state index contributed by atoms with van der Waals surface area (Å²) in [4.78, 5) is 14.2. The van der Waals surface area contributed by atoms with Crippen molar-refractivity contribution in [3.8, 4) is 0 Å². The van der Waals surface area contributed by atoms with Gasteiger partial charge in [0.05, 0.1) is 6.10 Å². The zero-order chi connectivity index (χ0) is 27.7. The quantitative estimate of drug-likeness (QED) is 0.125. The van der Waals surface area contributed by atoms with Crippen LogP contribution in [-0.2, 0) is 16.0 Å². The minimum atomic E-state index is 0.157. The van der Waals surface area contributed by atoms with Crippen molar-refractivity contribution in [3.05, 3.63) is 35.9 Å². The minimum absolute atomic E-state index is 0.157. The Morgan fingerprint density at radius 3 is 2.00 bits per heavy atom. The molecule has 0 aliphatic carbocycles. The van der Waals surface area contributed by atoms with Crippen LogP contribution in [0, 0.1) is 5.92 Å². The van der Waals surface area contributed by atoms with Gasteiger partial charge >= 0.3 is 0 Å². The van der Waals surface area contributed by atoms with Crippen molar-refractivity contribution >= 4 is 5.91 Å². The molecule has 0 radical (unpaired) electrons. The van der Waals surface area contributed by atoms with Gasteiger partial charge in [0.2, 0.25) is 5.91 Å². The molecule has 1 amide bonds. The van der Waals surface area contributed by atoms with Gasteiger partial charge in [-0.25, -0.2) is 0 Å². The van der Waals surface area contributed by atoms with E-state index in [2.05, 4.69) is 54.6 Å². The minimum Gasteiger partial charge on any atom is -0.381 e. The number of rotatable bonds is 26. The lowest BCUT2D eigenvalue weighted by atomic mass is 9.94. The number of methoxy groups -OCH3 is 1. The van der Waals surface area contributed by atoms with Gasteiger partial charge in [0.1, 0.15) is 0 Å². The summed E-state index contributed by atoms with van der Waals surface area (Å²) in [6, 6.07) is 10.9. The van der Waals surface area contributed by atoms with E-state index in [0.717, 1.165) is 45.2 Å². The van der Waals surface area contributed by atoms with Crippen LogP contribution in [0.4, 0.5) is 0 Å².